The summed E-state index contributed by atoms with van der Waals surface area (Å²) in [6, 6.07) is 14.4. The van der Waals surface area contributed by atoms with Gasteiger partial charge < -0.3 is 14.8 Å². The molecule has 4 heterocycles. The minimum Gasteiger partial charge on any atom is -0.352 e. The Hall–Kier alpha value is -2.73. The van der Waals surface area contributed by atoms with Crippen LogP contribution in [0.4, 0.5) is 0 Å². The molecule has 3 aromatic heterocycles. The van der Waals surface area contributed by atoms with Gasteiger partial charge in [-0.25, -0.2) is 0 Å². The number of aryl methyl sites for hydroxylation is 1. The molecule has 28 heavy (non-hydrogen) atoms. The summed E-state index contributed by atoms with van der Waals surface area (Å²) in [5, 5.41) is 4.26. The van der Waals surface area contributed by atoms with E-state index in [4.69, 9.17) is 12.2 Å². The van der Waals surface area contributed by atoms with Gasteiger partial charge in [0.05, 0.1) is 30.0 Å². The highest BCUT2D eigenvalue weighted by Gasteiger charge is 2.41. The molecule has 0 aliphatic carbocycles. The van der Waals surface area contributed by atoms with Gasteiger partial charge in [-0.1, -0.05) is 12.1 Å². The predicted molar refractivity (Wildman–Crippen MR) is 115 cm³/mol. The first-order chi connectivity index (χ1) is 13.6. The Morgan fingerprint density at radius 3 is 2.43 bits per heavy atom. The van der Waals surface area contributed by atoms with Gasteiger partial charge in [0.15, 0.2) is 5.11 Å². The fourth-order valence-electron chi connectivity index (χ4n) is 4.19. The number of hydrogen-bond acceptors (Lipinski definition) is 3. The van der Waals surface area contributed by atoms with Crippen LogP contribution >= 0.6 is 12.2 Å². The molecule has 1 fully saturated rings. The number of aromatic nitrogens is 3. The van der Waals surface area contributed by atoms with E-state index < -0.39 is 0 Å². The minimum atomic E-state index is 0.00298. The largest absolute Gasteiger partial charge is 0.352 e. The van der Waals surface area contributed by atoms with Crippen LogP contribution in [-0.2, 0) is 13.1 Å². The van der Waals surface area contributed by atoms with Crippen molar-refractivity contribution in [3.05, 3.63) is 83.2 Å². The Morgan fingerprint density at radius 1 is 1.07 bits per heavy atom. The molecule has 1 aliphatic heterocycles. The molecule has 0 bridgehead atoms. The normalized spacial score (nSPS) is 19.1. The fraction of sp³-hybridized carbons (Fsp3) is 0.318. The minimum absolute atomic E-state index is 0.00298. The number of thiocarbonyl (C=S) groups is 1. The zero-order chi connectivity index (χ0) is 19.7. The van der Waals surface area contributed by atoms with Crippen molar-refractivity contribution in [3.8, 4) is 0 Å². The van der Waals surface area contributed by atoms with Crippen LogP contribution in [0.5, 0.6) is 0 Å². The quantitative estimate of drug-likeness (QED) is 0.664. The van der Waals surface area contributed by atoms with E-state index in [1.165, 1.54) is 17.0 Å². The Balaban J connectivity index is 1.80. The zero-order valence-electron chi connectivity index (χ0n) is 16.5. The van der Waals surface area contributed by atoms with Crippen LogP contribution in [0, 0.1) is 13.8 Å². The molecule has 6 heteroatoms. The van der Waals surface area contributed by atoms with E-state index in [1.807, 2.05) is 42.7 Å². The van der Waals surface area contributed by atoms with Crippen molar-refractivity contribution in [2.75, 3.05) is 0 Å². The van der Waals surface area contributed by atoms with Crippen molar-refractivity contribution in [2.45, 2.75) is 45.9 Å². The molecule has 1 saturated heterocycles. The Bertz CT molecular complexity index is 967. The molecule has 144 valence electrons. The van der Waals surface area contributed by atoms with E-state index in [9.17, 15) is 0 Å². The molecular weight excluding hydrogens is 366 g/mol. The third-order valence-corrected chi connectivity index (χ3v) is 5.86. The second-order valence-electron chi connectivity index (χ2n) is 7.15. The first-order valence-corrected chi connectivity index (χ1v) is 10.1. The van der Waals surface area contributed by atoms with E-state index in [-0.39, 0.29) is 12.1 Å². The molecule has 0 amide bonds. The Kier molecular flexibility index (Phi) is 5.13. The van der Waals surface area contributed by atoms with Crippen molar-refractivity contribution in [1.29, 1.82) is 0 Å². The van der Waals surface area contributed by atoms with Crippen molar-refractivity contribution in [3.63, 3.8) is 0 Å². The molecule has 0 spiro atoms. The van der Waals surface area contributed by atoms with Crippen molar-refractivity contribution < 1.29 is 0 Å². The van der Waals surface area contributed by atoms with Crippen molar-refractivity contribution in [2.24, 2.45) is 0 Å². The van der Waals surface area contributed by atoms with Crippen LogP contribution in [0.2, 0.25) is 0 Å². The lowest BCUT2D eigenvalue weighted by Crippen LogP contribution is -2.29. The molecule has 2 atom stereocenters. The van der Waals surface area contributed by atoms with E-state index in [0.717, 1.165) is 23.0 Å². The highest BCUT2D eigenvalue weighted by atomic mass is 32.1. The summed E-state index contributed by atoms with van der Waals surface area (Å²) in [5.41, 5.74) is 5.84. The molecule has 0 unspecified atom stereocenters. The van der Waals surface area contributed by atoms with Crippen LogP contribution < -0.4 is 5.32 Å². The maximum Gasteiger partial charge on any atom is 0.170 e. The lowest BCUT2D eigenvalue weighted by atomic mass is 9.96. The van der Waals surface area contributed by atoms with Crippen LogP contribution in [0.1, 0.15) is 47.3 Å². The number of rotatable bonds is 5. The highest BCUT2D eigenvalue weighted by molar-refractivity contribution is 7.80. The smallest absolute Gasteiger partial charge is 0.170 e. The van der Waals surface area contributed by atoms with Gasteiger partial charge >= 0.3 is 0 Å². The summed E-state index contributed by atoms with van der Waals surface area (Å²) in [6.45, 7) is 8.16. The average Bonchev–Trinajstić information content (AvgIpc) is 3.19. The van der Waals surface area contributed by atoms with Crippen LogP contribution in [0.3, 0.4) is 0 Å². The van der Waals surface area contributed by atoms with E-state index in [0.29, 0.717) is 6.54 Å². The molecular formula is C22H25N5S. The lowest BCUT2D eigenvalue weighted by molar-refractivity contribution is 0.307. The Morgan fingerprint density at radius 2 is 1.82 bits per heavy atom. The second-order valence-corrected chi connectivity index (χ2v) is 7.53. The second kappa shape index (κ2) is 7.72. The SMILES string of the molecule is CCn1c(C)cc([C@H]2[C@@H](c3ccccn3)NC(=S)N2Cc2ccccn2)c1C. The number of hydrogen-bond donors (Lipinski definition) is 1. The number of nitrogens with zero attached hydrogens (tertiary/aromatic N) is 4. The summed E-state index contributed by atoms with van der Waals surface area (Å²) >= 11 is 5.76. The Labute approximate surface area is 171 Å². The third kappa shape index (κ3) is 3.29. The summed E-state index contributed by atoms with van der Waals surface area (Å²) in [6.07, 6.45) is 3.67. The summed E-state index contributed by atoms with van der Waals surface area (Å²) in [5.74, 6) is 0. The summed E-state index contributed by atoms with van der Waals surface area (Å²) in [7, 11) is 0. The molecule has 1 aliphatic rings. The van der Waals surface area contributed by atoms with Crippen LogP contribution in [-0.4, -0.2) is 24.5 Å². The lowest BCUT2D eigenvalue weighted by Gasteiger charge is -2.28. The summed E-state index contributed by atoms with van der Waals surface area (Å²) < 4.78 is 2.35. The standard InChI is InChI=1S/C22H25N5S/c1-4-26-15(2)13-18(16(26)3)21-20(19-10-6-8-12-24-19)25-22(28)27(21)14-17-9-5-7-11-23-17/h5-13,20-21H,4,14H2,1-3H3,(H,25,28)/t20-,21+/m1/s1. The molecule has 4 rings (SSSR count). The van der Waals surface area contributed by atoms with Crippen LogP contribution in [0.15, 0.2) is 54.9 Å². The van der Waals surface area contributed by atoms with Crippen molar-refractivity contribution >= 4 is 17.3 Å². The maximum atomic E-state index is 5.76. The van der Waals surface area contributed by atoms with Gasteiger partial charge in [-0.3, -0.25) is 9.97 Å². The van der Waals surface area contributed by atoms with Crippen LogP contribution in [0.25, 0.3) is 0 Å². The van der Waals surface area contributed by atoms with Gasteiger partial charge in [0, 0.05) is 30.3 Å². The van der Waals surface area contributed by atoms with Gasteiger partial charge in [0.1, 0.15) is 0 Å². The molecule has 1 N–H and O–H groups in total. The molecule has 0 radical (unpaired) electrons. The molecule has 0 aromatic carbocycles. The molecule has 5 nitrogen and oxygen atoms in total. The van der Waals surface area contributed by atoms with Gasteiger partial charge in [-0.15, -0.1) is 0 Å². The van der Waals surface area contributed by atoms with E-state index in [2.05, 4.69) is 57.7 Å². The molecule has 0 saturated carbocycles. The fourth-order valence-corrected chi connectivity index (χ4v) is 4.50. The van der Waals surface area contributed by atoms with E-state index >= 15 is 0 Å². The first kappa shape index (κ1) is 18.6. The van der Waals surface area contributed by atoms with E-state index in [1.54, 1.807) is 0 Å². The molecule has 3 aromatic rings. The van der Waals surface area contributed by atoms with Gasteiger partial charge in [0.25, 0.3) is 0 Å². The van der Waals surface area contributed by atoms with Gasteiger partial charge in [-0.2, -0.15) is 0 Å². The van der Waals surface area contributed by atoms with Gasteiger partial charge in [0.2, 0.25) is 0 Å². The average molecular weight is 392 g/mol. The third-order valence-electron chi connectivity index (χ3n) is 5.50. The summed E-state index contributed by atoms with van der Waals surface area (Å²) in [4.78, 5) is 11.4. The first-order valence-electron chi connectivity index (χ1n) is 9.64. The zero-order valence-corrected chi connectivity index (χ0v) is 17.3. The number of pyridine rings is 2. The topological polar surface area (TPSA) is 46.0 Å². The van der Waals surface area contributed by atoms with Crippen molar-refractivity contribution in [1.82, 2.24) is 24.8 Å². The monoisotopic (exact) mass is 391 g/mol. The number of nitrogens with one attached hydrogen (secondary N) is 1. The predicted octanol–water partition coefficient (Wildman–Crippen LogP) is 4.09. The van der Waals surface area contributed by atoms with Gasteiger partial charge in [-0.05, 0) is 68.9 Å². The highest BCUT2D eigenvalue weighted by Crippen LogP contribution is 2.41. The maximum absolute atomic E-state index is 5.76.